The lowest BCUT2D eigenvalue weighted by Gasteiger charge is -2.19. The minimum atomic E-state index is -0.936. The number of halogens is 1. The number of carbonyl (C=O) groups is 1. The van der Waals surface area contributed by atoms with Gasteiger partial charge in [-0.25, -0.2) is 4.79 Å². The van der Waals surface area contributed by atoms with Crippen molar-refractivity contribution in [1.29, 1.82) is 0 Å². The van der Waals surface area contributed by atoms with Crippen LogP contribution in [0.15, 0.2) is 47.4 Å². The van der Waals surface area contributed by atoms with E-state index >= 15 is 0 Å². The average Bonchev–Trinajstić information content (AvgIpc) is 2.46. The first-order chi connectivity index (χ1) is 10.0. The molecule has 3 nitrogen and oxygen atoms in total. The molecule has 0 amide bonds. The van der Waals surface area contributed by atoms with Gasteiger partial charge in [-0.05, 0) is 36.9 Å². The smallest absolute Gasteiger partial charge is 0.338 e. The molecule has 0 spiro atoms. The maximum absolute atomic E-state index is 11.5. The van der Waals surface area contributed by atoms with Crippen molar-refractivity contribution in [3.63, 3.8) is 0 Å². The second kappa shape index (κ2) is 6.87. The Kier molecular flexibility index (Phi) is 5.15. The van der Waals surface area contributed by atoms with Crippen molar-refractivity contribution in [3.05, 3.63) is 58.6 Å². The highest BCUT2D eigenvalue weighted by Crippen LogP contribution is 2.31. The first-order valence-electron chi connectivity index (χ1n) is 6.46. The van der Waals surface area contributed by atoms with E-state index in [-0.39, 0.29) is 6.04 Å². The minimum Gasteiger partial charge on any atom is -0.478 e. The molecule has 5 heteroatoms. The zero-order valence-electron chi connectivity index (χ0n) is 11.8. The van der Waals surface area contributed by atoms with E-state index in [1.54, 1.807) is 12.1 Å². The molecule has 0 heterocycles. The largest absolute Gasteiger partial charge is 0.478 e. The van der Waals surface area contributed by atoms with Crippen LogP contribution in [0.5, 0.6) is 0 Å². The van der Waals surface area contributed by atoms with Gasteiger partial charge in [0.25, 0.3) is 0 Å². The van der Waals surface area contributed by atoms with Gasteiger partial charge in [0.15, 0.2) is 0 Å². The zero-order chi connectivity index (χ0) is 15.4. The third kappa shape index (κ3) is 3.52. The molecule has 2 N–H and O–H groups in total. The van der Waals surface area contributed by atoms with Gasteiger partial charge in [0, 0.05) is 9.92 Å². The number of carboxylic acid groups (broad SMARTS) is 1. The predicted octanol–water partition coefficient (Wildman–Crippen LogP) is 4.93. The highest BCUT2D eigenvalue weighted by atomic mass is 35.5. The summed E-state index contributed by atoms with van der Waals surface area (Å²) in [5.41, 5.74) is 1.83. The first kappa shape index (κ1) is 15.7. The monoisotopic (exact) mass is 321 g/mol. The van der Waals surface area contributed by atoms with E-state index in [0.717, 1.165) is 10.5 Å². The summed E-state index contributed by atoms with van der Waals surface area (Å²) in [6.07, 6.45) is 1.86. The topological polar surface area (TPSA) is 49.3 Å². The van der Waals surface area contributed by atoms with E-state index in [2.05, 4.69) is 5.32 Å². The molecule has 0 aliphatic rings. The van der Waals surface area contributed by atoms with Crippen molar-refractivity contribution in [2.75, 3.05) is 11.6 Å². The summed E-state index contributed by atoms with van der Waals surface area (Å²) >= 11 is 7.60. The number of carboxylic acids is 1. The standard InChI is InChI=1S/C16H16ClNO2S/c1-10(11-6-3-4-7-12(11)17)18-13-8-5-9-14(21-2)15(13)16(19)20/h3-10,18H,1-2H3,(H,19,20). The maximum Gasteiger partial charge on any atom is 0.338 e. The summed E-state index contributed by atoms with van der Waals surface area (Å²) in [6.45, 7) is 1.96. The highest BCUT2D eigenvalue weighted by molar-refractivity contribution is 7.98. The summed E-state index contributed by atoms with van der Waals surface area (Å²) in [7, 11) is 0. The number of anilines is 1. The Hall–Kier alpha value is -1.65. The van der Waals surface area contributed by atoms with Gasteiger partial charge in [-0.3, -0.25) is 0 Å². The van der Waals surface area contributed by atoms with Crippen molar-refractivity contribution in [1.82, 2.24) is 0 Å². The second-order valence-electron chi connectivity index (χ2n) is 4.58. The van der Waals surface area contributed by atoms with Crippen LogP contribution >= 0.6 is 23.4 Å². The normalized spacial score (nSPS) is 12.0. The highest BCUT2D eigenvalue weighted by Gasteiger charge is 2.17. The lowest BCUT2D eigenvalue weighted by molar-refractivity contribution is 0.0694. The molecule has 0 fully saturated rings. The SMILES string of the molecule is CSc1cccc(NC(C)c2ccccc2Cl)c1C(=O)O. The molecule has 1 unspecified atom stereocenters. The Bertz CT molecular complexity index is 660. The molecule has 110 valence electrons. The molecule has 2 aromatic rings. The van der Waals surface area contributed by atoms with Crippen LogP contribution in [0.1, 0.15) is 28.9 Å². The van der Waals surface area contributed by atoms with Gasteiger partial charge >= 0.3 is 5.97 Å². The lowest BCUT2D eigenvalue weighted by atomic mass is 10.1. The van der Waals surface area contributed by atoms with Crippen LogP contribution in [-0.4, -0.2) is 17.3 Å². The Labute approximate surface area is 133 Å². The van der Waals surface area contributed by atoms with E-state index in [1.165, 1.54) is 11.8 Å². The zero-order valence-corrected chi connectivity index (χ0v) is 13.3. The number of benzene rings is 2. The van der Waals surface area contributed by atoms with Gasteiger partial charge in [-0.1, -0.05) is 35.9 Å². The Morgan fingerprint density at radius 2 is 1.95 bits per heavy atom. The molecule has 2 aromatic carbocycles. The van der Waals surface area contributed by atoms with E-state index in [9.17, 15) is 9.90 Å². The fraction of sp³-hybridized carbons (Fsp3) is 0.188. The molecule has 21 heavy (non-hydrogen) atoms. The van der Waals surface area contributed by atoms with Gasteiger partial charge < -0.3 is 10.4 Å². The fourth-order valence-corrected chi connectivity index (χ4v) is 3.09. The molecule has 0 aliphatic heterocycles. The van der Waals surface area contributed by atoms with Crippen LogP contribution in [0.2, 0.25) is 5.02 Å². The number of rotatable bonds is 5. The van der Waals surface area contributed by atoms with Crippen LogP contribution in [0, 0.1) is 0 Å². The van der Waals surface area contributed by atoms with Crippen LogP contribution in [0.4, 0.5) is 5.69 Å². The van der Waals surface area contributed by atoms with Crippen LogP contribution in [0.25, 0.3) is 0 Å². The molecule has 0 saturated carbocycles. The molecule has 1 atom stereocenters. The van der Waals surface area contributed by atoms with Crippen molar-refractivity contribution in [3.8, 4) is 0 Å². The summed E-state index contributed by atoms with van der Waals surface area (Å²) in [5.74, 6) is -0.936. The lowest BCUT2D eigenvalue weighted by Crippen LogP contribution is -2.12. The van der Waals surface area contributed by atoms with Crippen molar-refractivity contribution >= 4 is 35.0 Å². The summed E-state index contributed by atoms with van der Waals surface area (Å²) in [5, 5.41) is 13.3. The van der Waals surface area contributed by atoms with E-state index in [1.807, 2.05) is 43.5 Å². The fourth-order valence-electron chi connectivity index (χ4n) is 2.18. The first-order valence-corrected chi connectivity index (χ1v) is 8.06. The van der Waals surface area contributed by atoms with E-state index in [0.29, 0.717) is 16.3 Å². The Balaban J connectivity index is 2.36. The Morgan fingerprint density at radius 1 is 1.24 bits per heavy atom. The molecule has 2 rings (SSSR count). The van der Waals surface area contributed by atoms with Gasteiger partial charge in [0.1, 0.15) is 0 Å². The quantitative estimate of drug-likeness (QED) is 0.766. The third-order valence-electron chi connectivity index (χ3n) is 3.20. The summed E-state index contributed by atoms with van der Waals surface area (Å²) in [4.78, 5) is 12.2. The molecule has 0 radical (unpaired) electrons. The maximum atomic E-state index is 11.5. The number of nitrogens with one attached hydrogen (secondary N) is 1. The van der Waals surface area contributed by atoms with Crippen LogP contribution in [0.3, 0.4) is 0 Å². The number of hydrogen-bond acceptors (Lipinski definition) is 3. The van der Waals surface area contributed by atoms with Gasteiger partial charge in [-0.2, -0.15) is 0 Å². The van der Waals surface area contributed by atoms with Gasteiger partial charge in [0.2, 0.25) is 0 Å². The van der Waals surface area contributed by atoms with E-state index in [4.69, 9.17) is 11.6 Å². The molecular formula is C16H16ClNO2S. The third-order valence-corrected chi connectivity index (χ3v) is 4.33. The Morgan fingerprint density at radius 3 is 2.57 bits per heavy atom. The molecule has 0 bridgehead atoms. The van der Waals surface area contributed by atoms with Crippen molar-refractivity contribution in [2.24, 2.45) is 0 Å². The number of hydrogen-bond donors (Lipinski definition) is 2. The molecule has 0 aliphatic carbocycles. The van der Waals surface area contributed by atoms with Crippen LogP contribution in [-0.2, 0) is 0 Å². The van der Waals surface area contributed by atoms with Crippen molar-refractivity contribution < 1.29 is 9.90 Å². The predicted molar refractivity (Wildman–Crippen MR) is 88.7 cm³/mol. The van der Waals surface area contributed by atoms with Gasteiger partial charge in [-0.15, -0.1) is 11.8 Å². The molecular weight excluding hydrogens is 306 g/mol. The average molecular weight is 322 g/mol. The van der Waals surface area contributed by atoms with Crippen molar-refractivity contribution in [2.45, 2.75) is 17.9 Å². The summed E-state index contributed by atoms with van der Waals surface area (Å²) < 4.78 is 0. The minimum absolute atomic E-state index is 0.0890. The molecule has 0 aromatic heterocycles. The number of aromatic carboxylic acids is 1. The van der Waals surface area contributed by atoms with Crippen LogP contribution < -0.4 is 5.32 Å². The number of thioether (sulfide) groups is 1. The van der Waals surface area contributed by atoms with E-state index < -0.39 is 5.97 Å². The van der Waals surface area contributed by atoms with Gasteiger partial charge in [0.05, 0.1) is 17.3 Å². The second-order valence-corrected chi connectivity index (χ2v) is 5.83. The molecule has 0 saturated heterocycles. The summed E-state index contributed by atoms with van der Waals surface area (Å²) in [6, 6.07) is 12.9.